The number of pyridine rings is 1. The van der Waals surface area contributed by atoms with Gasteiger partial charge in [0.2, 0.25) is 0 Å². The zero-order valence-electron chi connectivity index (χ0n) is 14.5. The van der Waals surface area contributed by atoms with Crippen molar-refractivity contribution in [1.29, 1.82) is 0 Å². The van der Waals surface area contributed by atoms with Crippen LogP contribution in [0.25, 0.3) is 0 Å². The fourth-order valence-electron chi connectivity index (χ4n) is 2.57. The number of benzene rings is 1. The lowest BCUT2D eigenvalue weighted by atomic mass is 10.1. The van der Waals surface area contributed by atoms with Crippen molar-refractivity contribution in [2.24, 2.45) is 0 Å². The Hall–Kier alpha value is -1.82. The van der Waals surface area contributed by atoms with Crippen LogP contribution in [-0.4, -0.2) is 44.9 Å². The third-order valence-electron chi connectivity index (χ3n) is 3.86. The lowest BCUT2D eigenvalue weighted by Gasteiger charge is -2.27. The van der Waals surface area contributed by atoms with Gasteiger partial charge in [-0.15, -0.1) is 0 Å². The summed E-state index contributed by atoms with van der Waals surface area (Å²) in [5, 5.41) is 0.636. The molecule has 0 spiro atoms. The van der Waals surface area contributed by atoms with Crippen LogP contribution < -0.4 is 9.47 Å². The van der Waals surface area contributed by atoms with E-state index in [2.05, 4.69) is 9.88 Å². The number of likely N-dealkylation sites (N-methyl/N-ethyl adjacent to an activating group) is 1. The summed E-state index contributed by atoms with van der Waals surface area (Å²) in [7, 11) is 6.91. The molecule has 0 fully saturated rings. The zero-order valence-corrected chi connectivity index (χ0v) is 15.2. The fraction of sp³-hybridized carbons (Fsp3) is 0.389. The average molecular weight is 351 g/mol. The third kappa shape index (κ3) is 4.38. The number of rotatable bonds is 8. The van der Waals surface area contributed by atoms with Crippen LogP contribution in [0.1, 0.15) is 17.3 Å². The Labute approximate surface area is 148 Å². The van der Waals surface area contributed by atoms with Gasteiger partial charge in [-0.05, 0) is 30.8 Å². The minimum atomic E-state index is 0.0281. The molecule has 0 aliphatic heterocycles. The van der Waals surface area contributed by atoms with Crippen LogP contribution in [0.2, 0.25) is 5.02 Å². The Balaban J connectivity index is 2.25. The van der Waals surface area contributed by atoms with Gasteiger partial charge in [0.15, 0.2) is 11.5 Å². The first kappa shape index (κ1) is 18.5. The second kappa shape index (κ2) is 8.87. The normalized spacial score (nSPS) is 12.2. The minimum Gasteiger partial charge on any atom is -0.493 e. The van der Waals surface area contributed by atoms with Crippen LogP contribution in [0.3, 0.4) is 0 Å². The smallest absolute Gasteiger partial charge is 0.162 e. The van der Waals surface area contributed by atoms with E-state index >= 15 is 0 Å². The molecule has 0 N–H and O–H groups in total. The predicted molar refractivity (Wildman–Crippen MR) is 94.9 cm³/mol. The Morgan fingerprint density at radius 2 is 1.83 bits per heavy atom. The fourth-order valence-corrected chi connectivity index (χ4v) is 2.78. The van der Waals surface area contributed by atoms with Crippen molar-refractivity contribution in [3.8, 4) is 11.5 Å². The SMILES string of the molecule is COC[C@@H](c1ccccn1)N(C)Cc1cc(OC)c(OC)cc1Cl. The van der Waals surface area contributed by atoms with E-state index in [1.165, 1.54) is 0 Å². The van der Waals surface area contributed by atoms with E-state index in [0.29, 0.717) is 29.7 Å². The lowest BCUT2D eigenvalue weighted by molar-refractivity contribution is 0.0999. The van der Waals surface area contributed by atoms with Crippen LogP contribution in [0, 0.1) is 0 Å². The van der Waals surface area contributed by atoms with Crippen molar-refractivity contribution >= 4 is 11.6 Å². The van der Waals surface area contributed by atoms with Crippen molar-refractivity contribution in [1.82, 2.24) is 9.88 Å². The average Bonchev–Trinajstić information content (AvgIpc) is 2.61. The molecule has 0 saturated carbocycles. The molecule has 1 aromatic carbocycles. The van der Waals surface area contributed by atoms with E-state index in [-0.39, 0.29) is 6.04 Å². The summed E-state index contributed by atoms with van der Waals surface area (Å²) in [5.41, 5.74) is 1.91. The highest BCUT2D eigenvalue weighted by Gasteiger charge is 2.20. The number of hydrogen-bond acceptors (Lipinski definition) is 5. The molecule has 1 aromatic heterocycles. The molecule has 0 radical (unpaired) electrons. The zero-order chi connectivity index (χ0) is 17.5. The molecule has 2 aromatic rings. The molecule has 0 amide bonds. The van der Waals surface area contributed by atoms with Crippen LogP contribution in [-0.2, 0) is 11.3 Å². The first-order valence-electron chi connectivity index (χ1n) is 7.61. The summed E-state index contributed by atoms with van der Waals surface area (Å²) in [6.07, 6.45) is 1.79. The van der Waals surface area contributed by atoms with Crippen LogP contribution in [0.5, 0.6) is 11.5 Å². The van der Waals surface area contributed by atoms with E-state index < -0.39 is 0 Å². The van der Waals surface area contributed by atoms with Gasteiger partial charge in [-0.1, -0.05) is 17.7 Å². The lowest BCUT2D eigenvalue weighted by Crippen LogP contribution is -2.28. The minimum absolute atomic E-state index is 0.0281. The summed E-state index contributed by atoms with van der Waals surface area (Å²) in [6, 6.07) is 9.58. The number of nitrogens with zero attached hydrogens (tertiary/aromatic N) is 2. The number of aromatic nitrogens is 1. The summed E-state index contributed by atoms with van der Waals surface area (Å²) in [6.45, 7) is 1.17. The maximum absolute atomic E-state index is 6.40. The maximum atomic E-state index is 6.40. The monoisotopic (exact) mass is 350 g/mol. The molecule has 0 aliphatic carbocycles. The van der Waals surface area contributed by atoms with Gasteiger partial charge in [0.1, 0.15) is 0 Å². The molecule has 0 bridgehead atoms. The van der Waals surface area contributed by atoms with Gasteiger partial charge in [0, 0.05) is 30.9 Å². The molecule has 24 heavy (non-hydrogen) atoms. The van der Waals surface area contributed by atoms with Crippen LogP contribution in [0.15, 0.2) is 36.5 Å². The summed E-state index contributed by atoms with van der Waals surface area (Å²) in [4.78, 5) is 6.60. The van der Waals surface area contributed by atoms with Gasteiger partial charge in [-0.25, -0.2) is 0 Å². The van der Waals surface area contributed by atoms with Gasteiger partial charge in [-0.2, -0.15) is 0 Å². The molecule has 6 heteroatoms. The molecule has 5 nitrogen and oxygen atoms in total. The van der Waals surface area contributed by atoms with Crippen molar-refractivity contribution < 1.29 is 14.2 Å². The Morgan fingerprint density at radius 1 is 1.12 bits per heavy atom. The standard InChI is InChI=1S/C18H23ClN2O3/c1-21(16(12-22-2)15-7-5-6-8-20-15)11-13-9-17(23-3)18(24-4)10-14(13)19/h5-10,16H,11-12H2,1-4H3/t16-/m0/s1. The molecule has 0 aliphatic rings. The molecule has 1 atom stereocenters. The van der Waals surface area contributed by atoms with Gasteiger partial charge in [0.05, 0.1) is 32.6 Å². The van der Waals surface area contributed by atoms with E-state index in [1.54, 1.807) is 33.6 Å². The van der Waals surface area contributed by atoms with Crippen LogP contribution >= 0.6 is 11.6 Å². The number of halogens is 1. The third-order valence-corrected chi connectivity index (χ3v) is 4.21. The number of methoxy groups -OCH3 is 3. The highest BCUT2D eigenvalue weighted by Crippen LogP contribution is 2.34. The molecular formula is C18H23ClN2O3. The second-order valence-electron chi connectivity index (χ2n) is 5.44. The second-order valence-corrected chi connectivity index (χ2v) is 5.85. The molecule has 1 heterocycles. The van der Waals surface area contributed by atoms with E-state index in [0.717, 1.165) is 11.3 Å². The van der Waals surface area contributed by atoms with Crippen molar-refractivity contribution in [3.05, 3.63) is 52.8 Å². The Bertz CT molecular complexity index is 652. The Morgan fingerprint density at radius 3 is 2.42 bits per heavy atom. The molecule has 0 saturated heterocycles. The number of ether oxygens (including phenoxy) is 3. The summed E-state index contributed by atoms with van der Waals surface area (Å²) >= 11 is 6.40. The highest BCUT2D eigenvalue weighted by atomic mass is 35.5. The summed E-state index contributed by atoms with van der Waals surface area (Å²) in [5.74, 6) is 1.28. The van der Waals surface area contributed by atoms with Crippen molar-refractivity contribution in [2.75, 3.05) is 35.0 Å². The van der Waals surface area contributed by atoms with E-state index in [1.807, 2.05) is 31.3 Å². The first-order valence-corrected chi connectivity index (χ1v) is 7.99. The highest BCUT2D eigenvalue weighted by molar-refractivity contribution is 6.31. The maximum Gasteiger partial charge on any atom is 0.162 e. The van der Waals surface area contributed by atoms with Gasteiger partial charge >= 0.3 is 0 Å². The van der Waals surface area contributed by atoms with Crippen molar-refractivity contribution in [3.63, 3.8) is 0 Å². The summed E-state index contributed by atoms with van der Waals surface area (Å²) < 4.78 is 16.0. The molecular weight excluding hydrogens is 328 g/mol. The van der Waals surface area contributed by atoms with E-state index in [4.69, 9.17) is 25.8 Å². The molecule has 2 rings (SSSR count). The van der Waals surface area contributed by atoms with E-state index in [9.17, 15) is 0 Å². The number of hydrogen-bond donors (Lipinski definition) is 0. The van der Waals surface area contributed by atoms with Crippen molar-refractivity contribution in [2.45, 2.75) is 12.6 Å². The van der Waals surface area contributed by atoms with Crippen LogP contribution in [0.4, 0.5) is 0 Å². The largest absolute Gasteiger partial charge is 0.493 e. The topological polar surface area (TPSA) is 43.8 Å². The molecule has 130 valence electrons. The predicted octanol–water partition coefficient (Wildman–Crippen LogP) is 3.57. The van der Waals surface area contributed by atoms with Gasteiger partial charge < -0.3 is 14.2 Å². The van der Waals surface area contributed by atoms with Gasteiger partial charge in [-0.3, -0.25) is 9.88 Å². The molecule has 0 unspecified atom stereocenters. The first-order chi connectivity index (χ1) is 11.6. The Kier molecular flexibility index (Phi) is 6.85. The van der Waals surface area contributed by atoms with Gasteiger partial charge in [0.25, 0.3) is 0 Å². The quantitative estimate of drug-likeness (QED) is 0.728.